The first-order valence-corrected chi connectivity index (χ1v) is 8.98. The van der Waals surface area contributed by atoms with Gasteiger partial charge in [0.05, 0.1) is 12.2 Å². The number of amides is 2. The van der Waals surface area contributed by atoms with Crippen molar-refractivity contribution >= 4 is 23.5 Å². The Morgan fingerprint density at radius 2 is 1.52 bits per heavy atom. The van der Waals surface area contributed by atoms with Gasteiger partial charge in [0.25, 0.3) is 11.8 Å². The first-order chi connectivity index (χ1) is 13.0. The van der Waals surface area contributed by atoms with Crippen LogP contribution < -0.4 is 5.32 Å². The molecular formula is C21H24N2O4. The van der Waals surface area contributed by atoms with Gasteiger partial charge in [0.15, 0.2) is 0 Å². The summed E-state index contributed by atoms with van der Waals surface area (Å²) in [6, 6.07) is 13.1. The van der Waals surface area contributed by atoms with E-state index in [9.17, 15) is 14.4 Å². The Morgan fingerprint density at radius 3 is 2.11 bits per heavy atom. The molecule has 0 saturated heterocycles. The number of hydrogen-bond acceptors (Lipinski definition) is 4. The highest BCUT2D eigenvalue weighted by Crippen LogP contribution is 2.14. The van der Waals surface area contributed by atoms with Gasteiger partial charge in [0.1, 0.15) is 0 Å². The molecule has 0 spiro atoms. The van der Waals surface area contributed by atoms with Crippen LogP contribution in [0.3, 0.4) is 0 Å². The van der Waals surface area contributed by atoms with Crippen molar-refractivity contribution in [2.45, 2.75) is 20.8 Å². The number of esters is 1. The van der Waals surface area contributed by atoms with E-state index in [0.717, 1.165) is 0 Å². The smallest absolute Gasteiger partial charge is 0.338 e. The lowest BCUT2D eigenvalue weighted by Gasteiger charge is -2.18. The molecule has 2 aromatic carbocycles. The second-order valence-electron chi connectivity index (χ2n) is 5.81. The summed E-state index contributed by atoms with van der Waals surface area (Å²) in [6.07, 6.45) is 0. The molecule has 6 heteroatoms. The third-order valence-electron chi connectivity index (χ3n) is 4.08. The van der Waals surface area contributed by atoms with E-state index in [1.165, 1.54) is 0 Å². The second kappa shape index (κ2) is 9.52. The number of ether oxygens (including phenoxy) is 1. The van der Waals surface area contributed by atoms with Gasteiger partial charge in [-0.3, -0.25) is 9.59 Å². The Labute approximate surface area is 159 Å². The molecule has 142 valence electrons. The molecule has 27 heavy (non-hydrogen) atoms. The van der Waals surface area contributed by atoms with Gasteiger partial charge in [-0.15, -0.1) is 0 Å². The molecule has 0 saturated carbocycles. The van der Waals surface area contributed by atoms with Crippen molar-refractivity contribution < 1.29 is 19.1 Å². The second-order valence-corrected chi connectivity index (χ2v) is 5.81. The number of nitrogens with one attached hydrogen (secondary N) is 1. The van der Waals surface area contributed by atoms with Crippen LogP contribution in [0.1, 0.15) is 51.8 Å². The fourth-order valence-electron chi connectivity index (χ4n) is 2.59. The quantitative estimate of drug-likeness (QED) is 0.758. The minimum Gasteiger partial charge on any atom is -0.462 e. The summed E-state index contributed by atoms with van der Waals surface area (Å²) < 4.78 is 4.93. The number of benzene rings is 2. The van der Waals surface area contributed by atoms with Gasteiger partial charge in [-0.25, -0.2) is 4.79 Å². The van der Waals surface area contributed by atoms with E-state index in [0.29, 0.717) is 42.1 Å². The highest BCUT2D eigenvalue weighted by molar-refractivity contribution is 6.06. The molecule has 1 N–H and O–H groups in total. The molecule has 0 atom stereocenters. The molecule has 0 bridgehead atoms. The van der Waals surface area contributed by atoms with Crippen LogP contribution in [-0.4, -0.2) is 42.4 Å². The molecule has 2 aromatic rings. The van der Waals surface area contributed by atoms with Crippen LogP contribution in [0.2, 0.25) is 0 Å². The number of rotatable bonds is 7. The Kier molecular flexibility index (Phi) is 7.11. The number of carbonyl (C=O) groups is 3. The van der Waals surface area contributed by atoms with E-state index in [1.54, 1.807) is 60.4 Å². The molecule has 6 nitrogen and oxygen atoms in total. The number of hydrogen-bond donors (Lipinski definition) is 1. The highest BCUT2D eigenvalue weighted by Gasteiger charge is 2.15. The normalized spacial score (nSPS) is 10.2. The van der Waals surface area contributed by atoms with Crippen LogP contribution in [0.4, 0.5) is 5.69 Å². The number of anilines is 1. The average molecular weight is 368 g/mol. The van der Waals surface area contributed by atoms with Crippen molar-refractivity contribution in [3.05, 3.63) is 65.2 Å². The van der Waals surface area contributed by atoms with E-state index < -0.39 is 5.97 Å². The summed E-state index contributed by atoms with van der Waals surface area (Å²) in [4.78, 5) is 38.3. The van der Waals surface area contributed by atoms with Crippen LogP contribution in [-0.2, 0) is 4.74 Å². The molecule has 2 rings (SSSR count). The highest BCUT2D eigenvalue weighted by atomic mass is 16.5. The minimum atomic E-state index is -0.405. The zero-order valence-corrected chi connectivity index (χ0v) is 15.8. The van der Waals surface area contributed by atoms with E-state index in [1.807, 2.05) is 13.8 Å². The Bertz CT molecular complexity index is 811. The Hall–Kier alpha value is -3.15. The van der Waals surface area contributed by atoms with E-state index in [2.05, 4.69) is 5.32 Å². The lowest BCUT2D eigenvalue weighted by Crippen LogP contribution is -2.30. The zero-order valence-electron chi connectivity index (χ0n) is 15.8. The van der Waals surface area contributed by atoms with Gasteiger partial charge in [-0.2, -0.15) is 0 Å². The van der Waals surface area contributed by atoms with E-state index in [-0.39, 0.29) is 11.8 Å². The fraction of sp³-hybridized carbons (Fsp3) is 0.286. The molecule has 0 unspecified atom stereocenters. The van der Waals surface area contributed by atoms with Gasteiger partial charge in [0, 0.05) is 29.9 Å². The SMILES string of the molecule is CCOC(=O)c1ccc(NC(=O)c2cccc(C(=O)N(CC)CC)c2)cc1. The average Bonchev–Trinajstić information content (AvgIpc) is 2.69. The summed E-state index contributed by atoms with van der Waals surface area (Å²) in [5.74, 6) is -0.834. The third-order valence-corrected chi connectivity index (χ3v) is 4.08. The number of carbonyl (C=O) groups excluding carboxylic acids is 3. The zero-order chi connectivity index (χ0) is 19.8. The van der Waals surface area contributed by atoms with E-state index >= 15 is 0 Å². The van der Waals surface area contributed by atoms with Crippen molar-refractivity contribution in [1.82, 2.24) is 4.90 Å². The summed E-state index contributed by atoms with van der Waals surface area (Å²) in [7, 11) is 0. The van der Waals surface area contributed by atoms with Crippen LogP contribution in [0.15, 0.2) is 48.5 Å². The minimum absolute atomic E-state index is 0.103. The van der Waals surface area contributed by atoms with Crippen molar-refractivity contribution in [2.75, 3.05) is 25.0 Å². The van der Waals surface area contributed by atoms with Gasteiger partial charge in [-0.05, 0) is 63.2 Å². The van der Waals surface area contributed by atoms with Crippen molar-refractivity contribution in [3.8, 4) is 0 Å². The third kappa shape index (κ3) is 5.17. The van der Waals surface area contributed by atoms with E-state index in [4.69, 9.17) is 4.74 Å². The summed E-state index contributed by atoms with van der Waals surface area (Å²) in [5, 5.41) is 2.76. The summed E-state index contributed by atoms with van der Waals surface area (Å²) in [5.41, 5.74) is 1.83. The van der Waals surface area contributed by atoms with Gasteiger partial charge in [-0.1, -0.05) is 6.07 Å². The predicted octanol–water partition coefficient (Wildman–Crippen LogP) is 3.60. The lowest BCUT2D eigenvalue weighted by atomic mass is 10.1. The van der Waals surface area contributed by atoms with Crippen LogP contribution >= 0.6 is 0 Å². The van der Waals surface area contributed by atoms with Crippen molar-refractivity contribution in [3.63, 3.8) is 0 Å². The number of nitrogens with zero attached hydrogens (tertiary/aromatic N) is 1. The molecule has 0 aliphatic heterocycles. The Morgan fingerprint density at radius 1 is 0.889 bits per heavy atom. The topological polar surface area (TPSA) is 75.7 Å². The maximum atomic E-state index is 12.5. The molecule has 0 heterocycles. The molecule has 0 radical (unpaired) electrons. The summed E-state index contributed by atoms with van der Waals surface area (Å²) in [6.45, 7) is 7.10. The fourth-order valence-corrected chi connectivity index (χ4v) is 2.59. The standard InChI is InChI=1S/C21H24N2O4/c1-4-23(5-2)20(25)17-9-7-8-16(14-17)19(24)22-18-12-10-15(11-13-18)21(26)27-6-3/h7-14H,4-6H2,1-3H3,(H,22,24). The van der Waals surface area contributed by atoms with Gasteiger partial charge >= 0.3 is 5.97 Å². The predicted molar refractivity (Wildman–Crippen MR) is 104 cm³/mol. The summed E-state index contributed by atoms with van der Waals surface area (Å²) >= 11 is 0. The lowest BCUT2D eigenvalue weighted by molar-refractivity contribution is 0.0526. The molecule has 0 aromatic heterocycles. The maximum Gasteiger partial charge on any atom is 0.338 e. The van der Waals surface area contributed by atoms with Crippen LogP contribution in [0.25, 0.3) is 0 Å². The molecule has 2 amide bonds. The van der Waals surface area contributed by atoms with Gasteiger partial charge < -0.3 is 15.0 Å². The molecule has 0 aliphatic rings. The maximum absolute atomic E-state index is 12.5. The van der Waals surface area contributed by atoms with Gasteiger partial charge in [0.2, 0.25) is 0 Å². The van der Waals surface area contributed by atoms with Crippen molar-refractivity contribution in [1.29, 1.82) is 0 Å². The van der Waals surface area contributed by atoms with Crippen LogP contribution in [0, 0.1) is 0 Å². The molecular weight excluding hydrogens is 344 g/mol. The monoisotopic (exact) mass is 368 g/mol. The van der Waals surface area contributed by atoms with Crippen molar-refractivity contribution in [2.24, 2.45) is 0 Å². The largest absolute Gasteiger partial charge is 0.462 e. The molecule has 0 aliphatic carbocycles. The Balaban J connectivity index is 2.11. The molecule has 0 fully saturated rings. The first kappa shape index (κ1) is 20.2. The van der Waals surface area contributed by atoms with Crippen LogP contribution in [0.5, 0.6) is 0 Å². The first-order valence-electron chi connectivity index (χ1n) is 8.98.